The molecular weight excluding hydrogens is 434 g/mol. The van der Waals surface area contributed by atoms with Crippen LogP contribution in [0.3, 0.4) is 0 Å². The van der Waals surface area contributed by atoms with Gasteiger partial charge in [-0.2, -0.15) is 0 Å². The number of carbonyl (C=O) groups is 4. The highest BCUT2D eigenvalue weighted by molar-refractivity contribution is 5.97. The Morgan fingerprint density at radius 3 is 2.15 bits per heavy atom. The topological polar surface area (TPSA) is 154 Å². The van der Waals surface area contributed by atoms with Gasteiger partial charge in [0.15, 0.2) is 0 Å². The van der Waals surface area contributed by atoms with E-state index in [9.17, 15) is 29.3 Å². The maximum absolute atomic E-state index is 12.5. The largest absolute Gasteiger partial charge is 0.469 e. The zero-order valence-corrected chi connectivity index (χ0v) is 18.0. The van der Waals surface area contributed by atoms with Gasteiger partial charge in [0.1, 0.15) is 6.04 Å². The Morgan fingerprint density at radius 2 is 1.61 bits per heavy atom. The molecule has 0 heterocycles. The summed E-state index contributed by atoms with van der Waals surface area (Å²) in [6, 6.07) is 12.1. The molecule has 174 valence electrons. The van der Waals surface area contributed by atoms with E-state index in [1.165, 1.54) is 31.4 Å². The Balaban J connectivity index is 2.22. The van der Waals surface area contributed by atoms with Gasteiger partial charge in [-0.3, -0.25) is 24.5 Å². The minimum absolute atomic E-state index is 0.183. The van der Waals surface area contributed by atoms with E-state index in [0.717, 1.165) is 7.11 Å². The van der Waals surface area contributed by atoms with Crippen LogP contribution in [0.5, 0.6) is 0 Å². The molecular formula is C22H23N3O8. The van der Waals surface area contributed by atoms with Gasteiger partial charge in [-0.15, -0.1) is 0 Å². The molecule has 11 nitrogen and oxygen atoms in total. The van der Waals surface area contributed by atoms with Crippen LogP contribution >= 0.6 is 0 Å². The molecule has 0 unspecified atom stereocenters. The molecule has 2 amide bonds. The second-order valence-corrected chi connectivity index (χ2v) is 6.85. The number of methoxy groups -OCH3 is 2. The Hall–Kier alpha value is -4.28. The van der Waals surface area contributed by atoms with Gasteiger partial charge in [0.25, 0.3) is 11.6 Å². The fourth-order valence-electron chi connectivity index (χ4n) is 3.06. The van der Waals surface area contributed by atoms with Crippen molar-refractivity contribution in [2.24, 2.45) is 0 Å². The molecule has 33 heavy (non-hydrogen) atoms. The normalized spacial score (nSPS) is 12.1. The van der Waals surface area contributed by atoms with E-state index in [-0.39, 0.29) is 12.1 Å². The summed E-state index contributed by atoms with van der Waals surface area (Å²) in [4.78, 5) is 59.5. The molecule has 2 rings (SSSR count). The molecule has 2 atom stereocenters. The summed E-state index contributed by atoms with van der Waals surface area (Å²) in [7, 11) is 2.28. The number of esters is 2. The van der Waals surface area contributed by atoms with E-state index >= 15 is 0 Å². The van der Waals surface area contributed by atoms with Gasteiger partial charge in [-0.1, -0.05) is 30.3 Å². The van der Waals surface area contributed by atoms with E-state index in [2.05, 4.69) is 10.6 Å². The molecule has 0 fully saturated rings. The standard InChI is InChI=1S/C22H23N3O8/c1-32-19(27)12-17(14-8-10-16(11-9-14)25(30)31)20(22(29)33-2)24-18(26)13-23-21(28)15-6-4-3-5-7-15/h3-11,17,20H,12-13H2,1-2H3,(H,23,28)(H,24,26)/t17-,20+/m1/s1. The van der Waals surface area contributed by atoms with Crippen molar-refractivity contribution in [3.63, 3.8) is 0 Å². The summed E-state index contributed by atoms with van der Waals surface area (Å²) in [6.07, 6.45) is -0.315. The van der Waals surface area contributed by atoms with Crippen LogP contribution in [0, 0.1) is 10.1 Å². The molecule has 0 aliphatic rings. The number of nitrogens with zero attached hydrogens (tertiary/aromatic N) is 1. The summed E-state index contributed by atoms with van der Waals surface area (Å²) >= 11 is 0. The highest BCUT2D eigenvalue weighted by Gasteiger charge is 2.34. The third kappa shape index (κ3) is 7.13. The minimum Gasteiger partial charge on any atom is -0.469 e. The van der Waals surface area contributed by atoms with Gasteiger partial charge in [0.2, 0.25) is 5.91 Å². The van der Waals surface area contributed by atoms with Crippen molar-refractivity contribution in [3.8, 4) is 0 Å². The van der Waals surface area contributed by atoms with Crippen molar-refractivity contribution in [2.75, 3.05) is 20.8 Å². The Labute approximate surface area is 189 Å². The predicted octanol–water partition coefficient (Wildman–Crippen LogP) is 1.33. The van der Waals surface area contributed by atoms with Crippen LogP contribution in [0.1, 0.15) is 28.3 Å². The number of hydrogen-bond donors (Lipinski definition) is 2. The van der Waals surface area contributed by atoms with Crippen LogP contribution < -0.4 is 10.6 Å². The van der Waals surface area contributed by atoms with Crippen LogP contribution in [-0.2, 0) is 23.9 Å². The summed E-state index contributed by atoms with van der Waals surface area (Å²) in [5.41, 5.74) is 0.539. The van der Waals surface area contributed by atoms with Crippen molar-refractivity contribution in [1.29, 1.82) is 0 Å². The molecule has 0 saturated carbocycles. The highest BCUT2D eigenvalue weighted by Crippen LogP contribution is 2.27. The van der Waals surface area contributed by atoms with E-state index in [1.54, 1.807) is 30.3 Å². The van der Waals surface area contributed by atoms with Crippen LogP contribution in [0.4, 0.5) is 5.69 Å². The highest BCUT2D eigenvalue weighted by atomic mass is 16.6. The molecule has 0 aliphatic heterocycles. The van der Waals surface area contributed by atoms with Gasteiger partial charge in [-0.25, -0.2) is 4.79 Å². The summed E-state index contributed by atoms with van der Waals surface area (Å²) in [5, 5.41) is 15.8. The lowest BCUT2D eigenvalue weighted by Gasteiger charge is -2.26. The molecule has 0 bridgehead atoms. The van der Waals surface area contributed by atoms with Crippen molar-refractivity contribution in [2.45, 2.75) is 18.4 Å². The Bertz CT molecular complexity index is 1010. The number of non-ortho nitro benzene ring substituents is 1. The molecule has 0 radical (unpaired) electrons. The quantitative estimate of drug-likeness (QED) is 0.308. The minimum atomic E-state index is -1.32. The summed E-state index contributed by atoms with van der Waals surface area (Å²) < 4.78 is 9.48. The fourth-order valence-corrected chi connectivity index (χ4v) is 3.06. The molecule has 11 heteroatoms. The number of nitrogens with one attached hydrogen (secondary N) is 2. The van der Waals surface area contributed by atoms with E-state index < -0.39 is 47.2 Å². The SMILES string of the molecule is COC(=O)C[C@H](c1ccc([N+](=O)[O-])cc1)[C@H](NC(=O)CNC(=O)c1ccccc1)C(=O)OC. The molecule has 0 spiro atoms. The van der Waals surface area contributed by atoms with Crippen LogP contribution in [0.15, 0.2) is 54.6 Å². The van der Waals surface area contributed by atoms with Crippen molar-refractivity contribution in [3.05, 3.63) is 75.8 Å². The third-order valence-electron chi connectivity index (χ3n) is 4.77. The Kier molecular flexibility index (Phi) is 9.04. The van der Waals surface area contributed by atoms with Crippen molar-refractivity contribution in [1.82, 2.24) is 10.6 Å². The van der Waals surface area contributed by atoms with E-state index in [1.807, 2.05) is 0 Å². The number of rotatable bonds is 10. The van der Waals surface area contributed by atoms with Crippen molar-refractivity contribution >= 4 is 29.4 Å². The molecule has 0 aliphatic carbocycles. The summed E-state index contributed by atoms with van der Waals surface area (Å²) in [5.74, 6) is -3.64. The maximum atomic E-state index is 12.5. The van der Waals surface area contributed by atoms with Gasteiger partial charge >= 0.3 is 11.9 Å². The number of nitro groups is 1. The summed E-state index contributed by atoms with van der Waals surface area (Å²) in [6.45, 7) is -0.438. The zero-order valence-electron chi connectivity index (χ0n) is 18.0. The first-order valence-electron chi connectivity index (χ1n) is 9.78. The van der Waals surface area contributed by atoms with Gasteiger partial charge < -0.3 is 20.1 Å². The molecule has 0 saturated heterocycles. The number of nitro benzene ring substituents is 1. The zero-order chi connectivity index (χ0) is 24.4. The Morgan fingerprint density at radius 1 is 0.970 bits per heavy atom. The second-order valence-electron chi connectivity index (χ2n) is 6.85. The predicted molar refractivity (Wildman–Crippen MR) is 115 cm³/mol. The lowest BCUT2D eigenvalue weighted by molar-refractivity contribution is -0.384. The molecule has 2 aromatic rings. The first-order chi connectivity index (χ1) is 15.8. The number of amides is 2. The first-order valence-corrected chi connectivity index (χ1v) is 9.78. The monoisotopic (exact) mass is 457 g/mol. The number of hydrogen-bond acceptors (Lipinski definition) is 8. The second kappa shape index (κ2) is 11.9. The van der Waals surface area contributed by atoms with E-state index in [0.29, 0.717) is 11.1 Å². The van der Waals surface area contributed by atoms with E-state index in [4.69, 9.17) is 9.47 Å². The van der Waals surface area contributed by atoms with Gasteiger partial charge in [0.05, 0.1) is 32.1 Å². The molecule has 2 aromatic carbocycles. The number of benzene rings is 2. The molecule has 0 aromatic heterocycles. The fraction of sp³-hybridized carbons (Fsp3) is 0.273. The molecule has 2 N–H and O–H groups in total. The van der Waals surface area contributed by atoms with Crippen molar-refractivity contribution < 1.29 is 33.6 Å². The lowest BCUT2D eigenvalue weighted by Crippen LogP contribution is -2.49. The van der Waals surface area contributed by atoms with Crippen LogP contribution in [0.2, 0.25) is 0 Å². The number of ether oxygens (including phenoxy) is 2. The number of carbonyl (C=O) groups excluding carboxylic acids is 4. The van der Waals surface area contributed by atoms with Crippen LogP contribution in [-0.4, -0.2) is 55.5 Å². The van der Waals surface area contributed by atoms with Gasteiger partial charge in [-0.05, 0) is 17.7 Å². The maximum Gasteiger partial charge on any atom is 0.329 e. The lowest BCUT2D eigenvalue weighted by atomic mass is 9.88. The third-order valence-corrected chi connectivity index (χ3v) is 4.77. The average Bonchev–Trinajstić information content (AvgIpc) is 2.84. The van der Waals surface area contributed by atoms with Gasteiger partial charge in [0, 0.05) is 23.6 Å². The van der Waals surface area contributed by atoms with Crippen LogP contribution in [0.25, 0.3) is 0 Å². The average molecular weight is 457 g/mol. The smallest absolute Gasteiger partial charge is 0.329 e. The first kappa shape index (κ1) is 25.0.